The van der Waals surface area contributed by atoms with Gasteiger partial charge in [0.15, 0.2) is 34.7 Å². The molecule has 10 nitrogen and oxygen atoms in total. The van der Waals surface area contributed by atoms with E-state index in [2.05, 4.69) is 17.3 Å². The monoisotopic (exact) mass is 497 g/mol. The molecule has 3 aliphatic carbocycles. The summed E-state index contributed by atoms with van der Waals surface area (Å²) in [4.78, 5) is 66.6. The molecule has 4 aliphatic rings. The zero-order chi connectivity index (χ0) is 25.9. The van der Waals surface area contributed by atoms with Gasteiger partial charge in [0, 0.05) is 24.9 Å². The number of phenolic OH excluding ortho intramolecular Hbond substituents is 1. The van der Waals surface area contributed by atoms with Crippen LogP contribution in [0, 0.1) is 23.7 Å². The van der Waals surface area contributed by atoms with Gasteiger partial charge >= 0.3 is 0 Å². The number of phenols is 1. The van der Waals surface area contributed by atoms with Crippen LogP contribution in [0.2, 0.25) is 0 Å². The molecule has 0 spiro atoms. The number of nitrogens with zero attached hydrogens (tertiary/aromatic N) is 1. The normalized spacial score (nSPS) is 33.2. The van der Waals surface area contributed by atoms with Crippen molar-refractivity contribution in [3.63, 3.8) is 0 Å². The summed E-state index contributed by atoms with van der Waals surface area (Å²) >= 11 is 0. The van der Waals surface area contributed by atoms with Crippen LogP contribution in [0.4, 0.5) is 0 Å². The highest BCUT2D eigenvalue weighted by Gasteiger charge is 2.66. The Kier molecular flexibility index (Phi) is 6.09. The molecule has 1 heterocycles. The highest BCUT2D eigenvalue weighted by molar-refractivity contribution is 6.31. The second kappa shape index (κ2) is 8.86. The lowest BCUT2D eigenvalue weighted by atomic mass is 9.53. The predicted molar refractivity (Wildman–Crippen MR) is 126 cm³/mol. The molecular weight excluding hydrogens is 466 g/mol. The number of amides is 1. The number of Topliss-reactive ketones (excluding diaryl/α,β-unsaturated/α-hetero) is 4. The summed E-state index contributed by atoms with van der Waals surface area (Å²) in [5.41, 5.74) is 4.14. The van der Waals surface area contributed by atoms with E-state index in [1.165, 1.54) is 6.07 Å². The second-order valence-electron chi connectivity index (χ2n) is 10.8. The zero-order valence-electron chi connectivity index (χ0n) is 20.2. The van der Waals surface area contributed by atoms with Gasteiger partial charge in [0.1, 0.15) is 5.75 Å². The van der Waals surface area contributed by atoms with E-state index in [0.29, 0.717) is 24.6 Å². The number of fused-ring (bicyclic) bond motifs is 3. The number of carbonyl (C=O) groups excluding carboxylic acids is 5. The number of hydrogen-bond donors (Lipinski definition) is 4. The van der Waals surface area contributed by atoms with E-state index in [1.54, 1.807) is 6.07 Å². The van der Waals surface area contributed by atoms with Crippen molar-refractivity contribution in [3.8, 4) is 5.75 Å². The van der Waals surface area contributed by atoms with Crippen LogP contribution < -0.4 is 11.1 Å². The number of rotatable bonds is 4. The van der Waals surface area contributed by atoms with E-state index >= 15 is 0 Å². The highest BCUT2D eigenvalue weighted by Crippen LogP contribution is 2.50. The maximum atomic E-state index is 13.6. The molecule has 0 bridgehead atoms. The fourth-order valence-corrected chi connectivity index (χ4v) is 6.66. The number of nitrogens with two attached hydrogens (primary N) is 1. The molecule has 1 saturated heterocycles. The summed E-state index contributed by atoms with van der Waals surface area (Å²) in [6.07, 6.45) is 2.06. The molecule has 2 unspecified atom stereocenters. The van der Waals surface area contributed by atoms with E-state index in [0.717, 1.165) is 31.5 Å². The molecule has 1 amide bonds. The number of aromatic hydroxyl groups is 1. The Balaban J connectivity index is 1.45. The third-order valence-electron chi connectivity index (χ3n) is 8.68. The largest absolute Gasteiger partial charge is 0.507 e. The number of hydrogen-bond acceptors (Lipinski definition) is 9. The summed E-state index contributed by atoms with van der Waals surface area (Å²) in [6, 6.07) is 3.54. The minimum Gasteiger partial charge on any atom is -0.507 e. The first-order valence-electron chi connectivity index (χ1n) is 12.5. The van der Waals surface area contributed by atoms with Crippen LogP contribution in [-0.4, -0.2) is 75.9 Å². The average Bonchev–Trinajstić information content (AvgIpc) is 2.81. The van der Waals surface area contributed by atoms with Crippen molar-refractivity contribution in [1.29, 1.82) is 0 Å². The SMILES string of the molecule is CN1CCC(NCc2ccc(O)c3c2C[C@H]2C[C@H]4CC(=O)C(C(N)=O)C(=O)[C@@]4(O)C(=O)C2C3=O)CC1. The van der Waals surface area contributed by atoms with Crippen molar-refractivity contribution in [3.05, 3.63) is 28.8 Å². The number of piperidine rings is 1. The highest BCUT2D eigenvalue weighted by atomic mass is 16.3. The topological polar surface area (TPSA) is 167 Å². The molecule has 5 rings (SSSR count). The lowest BCUT2D eigenvalue weighted by Crippen LogP contribution is -2.68. The van der Waals surface area contributed by atoms with Crippen molar-refractivity contribution in [2.45, 2.75) is 50.3 Å². The van der Waals surface area contributed by atoms with E-state index < -0.39 is 58.3 Å². The predicted octanol–water partition coefficient (Wildman–Crippen LogP) is -0.489. The first-order chi connectivity index (χ1) is 17.0. The van der Waals surface area contributed by atoms with Crippen LogP contribution in [0.25, 0.3) is 0 Å². The van der Waals surface area contributed by atoms with Crippen molar-refractivity contribution in [2.75, 3.05) is 20.1 Å². The molecule has 5 N–H and O–H groups in total. The second-order valence-corrected chi connectivity index (χ2v) is 10.8. The lowest BCUT2D eigenvalue weighted by Gasteiger charge is -2.48. The first kappa shape index (κ1) is 24.7. The Labute approximate surface area is 208 Å². The molecule has 10 heteroatoms. The Hall–Kier alpha value is -2.95. The average molecular weight is 498 g/mol. The van der Waals surface area contributed by atoms with Crippen LogP contribution in [0.15, 0.2) is 12.1 Å². The molecule has 0 radical (unpaired) electrons. The minimum absolute atomic E-state index is 0.0418. The first-order valence-corrected chi connectivity index (χ1v) is 12.5. The molecule has 1 aromatic carbocycles. The van der Waals surface area contributed by atoms with Gasteiger partial charge in [0.2, 0.25) is 5.91 Å². The van der Waals surface area contributed by atoms with Crippen LogP contribution in [0.1, 0.15) is 47.2 Å². The van der Waals surface area contributed by atoms with Crippen LogP contribution in [-0.2, 0) is 32.1 Å². The molecule has 192 valence electrons. The number of carbonyl (C=O) groups is 5. The number of nitrogens with one attached hydrogen (secondary N) is 1. The lowest BCUT2D eigenvalue weighted by molar-refractivity contribution is -0.175. The van der Waals surface area contributed by atoms with E-state index in [9.17, 15) is 34.2 Å². The van der Waals surface area contributed by atoms with E-state index in [-0.39, 0.29) is 24.2 Å². The zero-order valence-corrected chi connectivity index (χ0v) is 20.2. The smallest absolute Gasteiger partial charge is 0.235 e. The molecule has 2 saturated carbocycles. The van der Waals surface area contributed by atoms with Crippen molar-refractivity contribution < 1.29 is 34.2 Å². The molecule has 1 aliphatic heterocycles. The number of aliphatic hydroxyl groups is 1. The van der Waals surface area contributed by atoms with Crippen molar-refractivity contribution >= 4 is 29.0 Å². The summed E-state index contributed by atoms with van der Waals surface area (Å²) in [5, 5.41) is 25.4. The number of likely N-dealkylation sites (tertiary alicyclic amines) is 1. The molecule has 36 heavy (non-hydrogen) atoms. The van der Waals surface area contributed by atoms with Gasteiger partial charge < -0.3 is 26.2 Å². The fourth-order valence-electron chi connectivity index (χ4n) is 6.66. The standard InChI is InChI=1S/C26H31N3O7/c1-29-6-4-15(5-7-29)28-11-12-2-3-17(30)20-16(12)9-13-8-14-10-18(31)21(25(27)35)24(34)26(14,36)23(33)19(13)22(20)32/h2-3,13-15,19,21,28,30,36H,4-11H2,1H3,(H2,27,35)/t13-,14+,19?,21?,26+/m1/s1. The van der Waals surface area contributed by atoms with Crippen LogP contribution in [0.5, 0.6) is 5.75 Å². The quantitative estimate of drug-likeness (QED) is 0.401. The molecular formula is C26H31N3O7. The van der Waals surface area contributed by atoms with Gasteiger partial charge in [-0.2, -0.15) is 0 Å². The summed E-state index contributed by atoms with van der Waals surface area (Å²) in [5.74, 6) is -9.85. The minimum atomic E-state index is -2.62. The number of primary amides is 1. The van der Waals surface area contributed by atoms with E-state index in [1.807, 2.05) is 0 Å². The van der Waals surface area contributed by atoms with Gasteiger partial charge in [0.25, 0.3) is 0 Å². The summed E-state index contributed by atoms with van der Waals surface area (Å²) in [7, 11) is 2.09. The third kappa shape index (κ3) is 3.70. The maximum absolute atomic E-state index is 13.6. The van der Waals surface area contributed by atoms with Gasteiger partial charge in [-0.25, -0.2) is 0 Å². The Bertz CT molecular complexity index is 1170. The van der Waals surface area contributed by atoms with Gasteiger partial charge in [-0.1, -0.05) is 6.07 Å². The Morgan fingerprint density at radius 3 is 2.50 bits per heavy atom. The number of ketones is 4. The summed E-state index contributed by atoms with van der Waals surface area (Å²) < 4.78 is 0. The van der Waals surface area contributed by atoms with Gasteiger partial charge in [-0.05, 0) is 68.9 Å². The third-order valence-corrected chi connectivity index (χ3v) is 8.68. The maximum Gasteiger partial charge on any atom is 0.235 e. The van der Waals surface area contributed by atoms with E-state index in [4.69, 9.17) is 5.73 Å². The molecule has 5 atom stereocenters. The van der Waals surface area contributed by atoms with Gasteiger partial charge in [0.05, 0.1) is 11.5 Å². The van der Waals surface area contributed by atoms with Gasteiger partial charge in [-0.15, -0.1) is 0 Å². The molecule has 3 fully saturated rings. The van der Waals surface area contributed by atoms with Crippen molar-refractivity contribution in [2.24, 2.45) is 29.4 Å². The molecule has 1 aromatic rings. The van der Waals surface area contributed by atoms with Crippen LogP contribution in [0.3, 0.4) is 0 Å². The molecule has 0 aromatic heterocycles. The number of benzene rings is 1. The fraction of sp³-hybridized carbons (Fsp3) is 0.577. The van der Waals surface area contributed by atoms with Crippen LogP contribution >= 0.6 is 0 Å². The van der Waals surface area contributed by atoms with Gasteiger partial charge in [-0.3, -0.25) is 24.0 Å². The summed E-state index contributed by atoms with van der Waals surface area (Å²) in [6.45, 7) is 2.49. The van der Waals surface area contributed by atoms with Crippen molar-refractivity contribution in [1.82, 2.24) is 10.2 Å². The Morgan fingerprint density at radius 1 is 1.14 bits per heavy atom. The Morgan fingerprint density at radius 2 is 1.83 bits per heavy atom.